The lowest BCUT2D eigenvalue weighted by molar-refractivity contribution is -0.163. The van der Waals surface area contributed by atoms with Crippen molar-refractivity contribution in [1.29, 1.82) is 0 Å². The van der Waals surface area contributed by atoms with Crippen LogP contribution in [0.4, 0.5) is 0 Å². The molecule has 2 aromatic carbocycles. The van der Waals surface area contributed by atoms with Gasteiger partial charge >= 0.3 is 0 Å². The first-order chi connectivity index (χ1) is 13.8. The van der Waals surface area contributed by atoms with Crippen molar-refractivity contribution in [2.45, 2.75) is 37.8 Å². The summed E-state index contributed by atoms with van der Waals surface area (Å²) >= 11 is 0. The van der Waals surface area contributed by atoms with E-state index in [0.29, 0.717) is 5.56 Å². The van der Waals surface area contributed by atoms with Gasteiger partial charge < -0.3 is 34.7 Å². The van der Waals surface area contributed by atoms with Crippen LogP contribution < -0.4 is 5.43 Å². The van der Waals surface area contributed by atoms with E-state index >= 15 is 0 Å². The first-order valence-electron chi connectivity index (χ1n) is 9.10. The van der Waals surface area contributed by atoms with Gasteiger partial charge in [0.15, 0.2) is 11.0 Å². The topological polar surface area (TPSA) is 141 Å². The van der Waals surface area contributed by atoms with Crippen molar-refractivity contribution >= 4 is 11.0 Å². The summed E-state index contributed by atoms with van der Waals surface area (Å²) in [7, 11) is 0. The van der Waals surface area contributed by atoms with Gasteiger partial charge in [-0.2, -0.15) is 0 Å². The van der Waals surface area contributed by atoms with Gasteiger partial charge in [0.25, 0.3) is 0 Å². The number of fused-ring (bicyclic) bond motifs is 1. The fourth-order valence-corrected chi connectivity index (χ4v) is 3.65. The lowest BCUT2D eigenvalue weighted by Gasteiger charge is -2.36. The standard InChI is InChI=1S/C21H20O8/c1-9-20(27)15(26)8-17(28-9)19-13(24)6-12(23)18-14(25)7-16(29-21(18)19)10-2-4-11(22)5-3-10/h2-7,9,15,17,20,22-24,26-27H,8H2,1H3/t9-,15?,17+,20+/m0/s1. The van der Waals surface area contributed by atoms with Gasteiger partial charge in [0.1, 0.15) is 34.5 Å². The van der Waals surface area contributed by atoms with E-state index in [1.165, 1.54) is 18.2 Å². The third-order valence-electron chi connectivity index (χ3n) is 5.18. The van der Waals surface area contributed by atoms with Crippen LogP contribution in [-0.4, -0.2) is 43.8 Å². The van der Waals surface area contributed by atoms with Gasteiger partial charge in [0.2, 0.25) is 0 Å². The molecular formula is C21H20O8. The molecular weight excluding hydrogens is 380 g/mol. The maximum atomic E-state index is 12.7. The van der Waals surface area contributed by atoms with Gasteiger partial charge in [-0.25, -0.2) is 0 Å². The fourth-order valence-electron chi connectivity index (χ4n) is 3.65. The van der Waals surface area contributed by atoms with Crippen molar-refractivity contribution in [3.05, 3.63) is 52.2 Å². The highest BCUT2D eigenvalue weighted by atomic mass is 16.5. The zero-order valence-electron chi connectivity index (χ0n) is 15.4. The van der Waals surface area contributed by atoms with Crippen molar-refractivity contribution in [3.63, 3.8) is 0 Å². The third-order valence-corrected chi connectivity index (χ3v) is 5.18. The Hall–Kier alpha value is -3.07. The summed E-state index contributed by atoms with van der Waals surface area (Å²) in [5.41, 5.74) is 0.00804. The van der Waals surface area contributed by atoms with Gasteiger partial charge in [-0.15, -0.1) is 0 Å². The molecule has 1 fully saturated rings. The van der Waals surface area contributed by atoms with Gasteiger partial charge in [-0.1, -0.05) is 0 Å². The number of hydrogen-bond donors (Lipinski definition) is 5. The minimum atomic E-state index is -1.10. The van der Waals surface area contributed by atoms with Crippen LogP contribution >= 0.6 is 0 Å². The van der Waals surface area contributed by atoms with Gasteiger partial charge in [-0.05, 0) is 31.2 Å². The van der Waals surface area contributed by atoms with E-state index in [0.717, 1.165) is 6.07 Å². The molecule has 8 nitrogen and oxygen atoms in total. The molecule has 0 saturated carbocycles. The van der Waals surface area contributed by atoms with Crippen LogP contribution in [0.2, 0.25) is 0 Å². The minimum absolute atomic E-state index is 0.0356. The summed E-state index contributed by atoms with van der Waals surface area (Å²) < 4.78 is 11.6. The van der Waals surface area contributed by atoms with Crippen LogP contribution in [0.3, 0.4) is 0 Å². The Balaban J connectivity index is 1.94. The van der Waals surface area contributed by atoms with Gasteiger partial charge in [-0.3, -0.25) is 4.79 Å². The van der Waals surface area contributed by atoms with Crippen molar-refractivity contribution in [2.75, 3.05) is 0 Å². The van der Waals surface area contributed by atoms with Crippen LogP contribution in [0.15, 0.2) is 45.6 Å². The molecule has 0 aliphatic carbocycles. The average Bonchev–Trinajstić information content (AvgIpc) is 2.65. The largest absolute Gasteiger partial charge is 0.508 e. The summed E-state index contributed by atoms with van der Waals surface area (Å²) in [6, 6.07) is 8.22. The minimum Gasteiger partial charge on any atom is -0.508 e. The Morgan fingerprint density at radius 3 is 2.34 bits per heavy atom. The van der Waals surface area contributed by atoms with Crippen LogP contribution in [-0.2, 0) is 4.74 Å². The zero-order valence-corrected chi connectivity index (χ0v) is 15.4. The van der Waals surface area contributed by atoms with E-state index in [-0.39, 0.29) is 40.2 Å². The highest BCUT2D eigenvalue weighted by Crippen LogP contribution is 2.43. The molecule has 29 heavy (non-hydrogen) atoms. The molecule has 5 N–H and O–H groups in total. The first kappa shape index (κ1) is 19.3. The molecule has 1 aliphatic heterocycles. The SMILES string of the molecule is C[C@@H]1O[C@@H](c2c(O)cc(O)c3c(=O)cc(-c4ccc(O)cc4)oc23)CC(O)[C@@H]1O. The maximum Gasteiger partial charge on any atom is 0.197 e. The normalized spacial score (nSPS) is 24.7. The lowest BCUT2D eigenvalue weighted by atomic mass is 9.92. The van der Waals surface area contributed by atoms with E-state index in [2.05, 4.69) is 0 Å². The molecule has 0 spiro atoms. The predicted molar refractivity (Wildman–Crippen MR) is 103 cm³/mol. The second-order valence-corrected chi connectivity index (χ2v) is 7.18. The summed E-state index contributed by atoms with van der Waals surface area (Å²) in [6.45, 7) is 1.58. The quantitative estimate of drug-likeness (QED) is 0.441. The van der Waals surface area contributed by atoms with Crippen molar-refractivity contribution in [1.82, 2.24) is 0 Å². The van der Waals surface area contributed by atoms with Crippen molar-refractivity contribution in [2.24, 2.45) is 0 Å². The van der Waals surface area contributed by atoms with Gasteiger partial charge in [0, 0.05) is 24.1 Å². The summed E-state index contributed by atoms with van der Waals surface area (Å²) in [4.78, 5) is 12.7. The van der Waals surface area contributed by atoms with E-state index in [4.69, 9.17) is 9.15 Å². The Morgan fingerprint density at radius 1 is 1.00 bits per heavy atom. The molecule has 1 unspecified atom stereocenters. The Kier molecular flexibility index (Phi) is 4.70. The van der Waals surface area contributed by atoms with E-state index in [1.807, 2.05) is 0 Å². The van der Waals surface area contributed by atoms with Crippen LogP contribution in [0.25, 0.3) is 22.3 Å². The van der Waals surface area contributed by atoms with Crippen molar-refractivity contribution < 1.29 is 34.7 Å². The molecule has 152 valence electrons. The predicted octanol–water partition coefficient (Wildman–Crippen LogP) is 2.15. The second kappa shape index (κ2) is 7.07. The fraction of sp³-hybridized carbons (Fsp3) is 0.286. The lowest BCUT2D eigenvalue weighted by Crippen LogP contribution is -2.44. The number of aromatic hydroxyl groups is 3. The average molecular weight is 400 g/mol. The highest BCUT2D eigenvalue weighted by molar-refractivity contribution is 5.89. The Bertz CT molecular complexity index is 1110. The highest BCUT2D eigenvalue weighted by Gasteiger charge is 2.37. The van der Waals surface area contributed by atoms with E-state index in [1.54, 1.807) is 19.1 Å². The number of aliphatic hydroxyl groups excluding tert-OH is 2. The molecule has 0 radical (unpaired) electrons. The van der Waals surface area contributed by atoms with Crippen molar-refractivity contribution in [3.8, 4) is 28.6 Å². The number of phenols is 3. The Morgan fingerprint density at radius 2 is 1.69 bits per heavy atom. The van der Waals surface area contributed by atoms with E-state index < -0.39 is 35.6 Å². The zero-order chi connectivity index (χ0) is 20.9. The van der Waals surface area contributed by atoms with Crippen LogP contribution in [0, 0.1) is 0 Å². The summed E-state index contributed by atoms with van der Waals surface area (Å²) in [5, 5.41) is 50.1. The molecule has 3 aromatic rings. The number of phenolic OH excluding ortho intramolecular Hbond substituents is 3. The third kappa shape index (κ3) is 3.31. The molecule has 0 bridgehead atoms. The van der Waals surface area contributed by atoms with Crippen LogP contribution in [0.1, 0.15) is 25.0 Å². The summed E-state index contributed by atoms with van der Waals surface area (Å²) in [5.74, 6) is -0.596. The van der Waals surface area contributed by atoms with Crippen LogP contribution in [0.5, 0.6) is 17.2 Å². The number of benzene rings is 2. The molecule has 8 heteroatoms. The molecule has 0 amide bonds. The molecule has 1 aliphatic rings. The Labute approximate surface area is 164 Å². The maximum absolute atomic E-state index is 12.7. The molecule has 2 heterocycles. The number of hydrogen-bond acceptors (Lipinski definition) is 8. The molecule has 4 atom stereocenters. The summed E-state index contributed by atoms with van der Waals surface area (Å²) in [6.07, 6.45) is -3.81. The molecule has 4 rings (SSSR count). The van der Waals surface area contributed by atoms with E-state index in [9.17, 15) is 30.3 Å². The monoisotopic (exact) mass is 400 g/mol. The smallest absolute Gasteiger partial charge is 0.197 e. The first-order valence-corrected chi connectivity index (χ1v) is 9.10. The number of rotatable bonds is 2. The molecule has 1 saturated heterocycles. The van der Waals surface area contributed by atoms with Gasteiger partial charge in [0.05, 0.1) is 23.9 Å². The molecule has 1 aromatic heterocycles. The number of aliphatic hydroxyl groups is 2. The number of ether oxygens (including phenoxy) is 1. The second-order valence-electron chi connectivity index (χ2n) is 7.18.